The van der Waals surface area contributed by atoms with Gasteiger partial charge in [-0.05, 0) is 20.3 Å². The second kappa shape index (κ2) is 6.39. The molecule has 1 aromatic rings. The van der Waals surface area contributed by atoms with Gasteiger partial charge in [-0.1, -0.05) is 6.92 Å². The van der Waals surface area contributed by atoms with E-state index in [4.69, 9.17) is 5.73 Å². The summed E-state index contributed by atoms with van der Waals surface area (Å²) >= 11 is 0. The third kappa shape index (κ3) is 3.30. The Labute approximate surface area is 103 Å². The topological polar surface area (TPSA) is 64.2 Å². The van der Waals surface area contributed by atoms with Gasteiger partial charge in [0.1, 0.15) is 5.69 Å². The molecule has 1 heterocycles. The quantitative estimate of drug-likeness (QED) is 0.807. The van der Waals surface area contributed by atoms with E-state index in [2.05, 4.69) is 18.8 Å². The van der Waals surface area contributed by atoms with Gasteiger partial charge in [-0.25, -0.2) is 4.98 Å². The summed E-state index contributed by atoms with van der Waals surface area (Å²) in [6.07, 6.45) is 4.37. The standard InChI is InChI=1S/C12H22N4O/c1-4-10(3)16(5-2)12(17)11-8-15(7-6-13)9-14-11/h8-10H,4-7,13H2,1-3H3. The van der Waals surface area contributed by atoms with Crippen molar-refractivity contribution in [1.82, 2.24) is 14.5 Å². The van der Waals surface area contributed by atoms with Crippen molar-refractivity contribution in [1.29, 1.82) is 0 Å². The minimum Gasteiger partial charge on any atom is -0.335 e. The van der Waals surface area contributed by atoms with Crippen molar-refractivity contribution in [3.05, 3.63) is 18.2 Å². The van der Waals surface area contributed by atoms with E-state index in [1.165, 1.54) is 0 Å². The van der Waals surface area contributed by atoms with Gasteiger partial charge in [0.15, 0.2) is 0 Å². The van der Waals surface area contributed by atoms with Gasteiger partial charge >= 0.3 is 0 Å². The summed E-state index contributed by atoms with van der Waals surface area (Å²) in [6.45, 7) is 8.06. The molecule has 0 aromatic carbocycles. The highest BCUT2D eigenvalue weighted by Gasteiger charge is 2.20. The van der Waals surface area contributed by atoms with Crippen LogP contribution in [0.25, 0.3) is 0 Å². The lowest BCUT2D eigenvalue weighted by atomic mass is 10.2. The number of nitrogens with two attached hydrogens (primary N) is 1. The number of aromatic nitrogens is 2. The Morgan fingerprint density at radius 1 is 1.59 bits per heavy atom. The fourth-order valence-corrected chi connectivity index (χ4v) is 1.76. The number of rotatable bonds is 6. The first kappa shape index (κ1) is 13.7. The van der Waals surface area contributed by atoms with Crippen molar-refractivity contribution >= 4 is 5.91 Å². The Balaban J connectivity index is 2.79. The zero-order chi connectivity index (χ0) is 12.8. The lowest BCUT2D eigenvalue weighted by molar-refractivity contribution is 0.0694. The number of carbonyl (C=O) groups is 1. The van der Waals surface area contributed by atoms with Gasteiger partial charge in [-0.15, -0.1) is 0 Å². The Bertz CT molecular complexity index is 361. The third-order valence-electron chi connectivity index (χ3n) is 2.96. The molecule has 2 N–H and O–H groups in total. The maximum Gasteiger partial charge on any atom is 0.274 e. The second-order valence-electron chi connectivity index (χ2n) is 4.13. The highest BCUT2D eigenvalue weighted by atomic mass is 16.2. The number of hydrogen-bond donors (Lipinski definition) is 1. The van der Waals surface area contributed by atoms with E-state index in [0.717, 1.165) is 6.42 Å². The highest BCUT2D eigenvalue weighted by molar-refractivity contribution is 5.92. The lowest BCUT2D eigenvalue weighted by Gasteiger charge is -2.26. The average Bonchev–Trinajstić information content (AvgIpc) is 2.78. The zero-order valence-electron chi connectivity index (χ0n) is 10.9. The van der Waals surface area contributed by atoms with E-state index in [9.17, 15) is 4.79 Å². The summed E-state index contributed by atoms with van der Waals surface area (Å²) < 4.78 is 1.84. The Morgan fingerprint density at radius 2 is 2.29 bits per heavy atom. The SMILES string of the molecule is CCC(C)N(CC)C(=O)c1cn(CCN)cn1. The van der Waals surface area contributed by atoms with Crippen LogP contribution in [0.4, 0.5) is 0 Å². The Kier molecular flexibility index (Phi) is 5.15. The maximum atomic E-state index is 12.2. The fourth-order valence-electron chi connectivity index (χ4n) is 1.76. The second-order valence-corrected chi connectivity index (χ2v) is 4.13. The first-order valence-corrected chi connectivity index (χ1v) is 6.16. The molecule has 0 aliphatic heterocycles. The number of amides is 1. The largest absolute Gasteiger partial charge is 0.335 e. The molecule has 0 aliphatic rings. The molecule has 5 nitrogen and oxygen atoms in total. The monoisotopic (exact) mass is 238 g/mol. The minimum absolute atomic E-state index is 0.00220. The van der Waals surface area contributed by atoms with E-state index in [-0.39, 0.29) is 11.9 Å². The van der Waals surface area contributed by atoms with Crippen LogP contribution < -0.4 is 5.73 Å². The molecule has 0 saturated heterocycles. The molecule has 0 saturated carbocycles. The number of carbonyl (C=O) groups excluding carboxylic acids is 1. The van der Waals surface area contributed by atoms with Crippen molar-refractivity contribution in [3.8, 4) is 0 Å². The summed E-state index contributed by atoms with van der Waals surface area (Å²) in [5.41, 5.74) is 5.96. The van der Waals surface area contributed by atoms with Gasteiger partial charge in [-0.2, -0.15) is 0 Å². The van der Waals surface area contributed by atoms with Gasteiger partial charge in [-0.3, -0.25) is 4.79 Å². The highest BCUT2D eigenvalue weighted by Crippen LogP contribution is 2.09. The molecule has 1 aromatic heterocycles. The number of hydrogen-bond acceptors (Lipinski definition) is 3. The summed E-state index contributed by atoms with van der Waals surface area (Å²) in [5.74, 6) is -0.00220. The number of nitrogens with zero attached hydrogens (tertiary/aromatic N) is 3. The first-order valence-electron chi connectivity index (χ1n) is 6.16. The number of imidazole rings is 1. The van der Waals surface area contributed by atoms with Crippen LogP contribution in [0.2, 0.25) is 0 Å². The van der Waals surface area contributed by atoms with Gasteiger partial charge in [0.25, 0.3) is 5.91 Å². The summed E-state index contributed by atoms with van der Waals surface area (Å²) in [4.78, 5) is 18.2. The average molecular weight is 238 g/mol. The fraction of sp³-hybridized carbons (Fsp3) is 0.667. The molecule has 0 aliphatic carbocycles. The van der Waals surface area contributed by atoms with E-state index in [1.807, 2.05) is 16.4 Å². The van der Waals surface area contributed by atoms with Crippen LogP contribution in [0.3, 0.4) is 0 Å². The molecule has 96 valence electrons. The molecule has 1 rings (SSSR count). The Morgan fingerprint density at radius 3 is 2.82 bits per heavy atom. The van der Waals surface area contributed by atoms with Crippen molar-refractivity contribution in [2.24, 2.45) is 5.73 Å². The smallest absolute Gasteiger partial charge is 0.274 e. The predicted molar refractivity (Wildman–Crippen MR) is 67.7 cm³/mol. The molecule has 5 heteroatoms. The van der Waals surface area contributed by atoms with Crippen molar-refractivity contribution < 1.29 is 4.79 Å². The van der Waals surface area contributed by atoms with Crippen molar-refractivity contribution in [2.45, 2.75) is 39.8 Å². The van der Waals surface area contributed by atoms with Crippen LogP contribution in [-0.2, 0) is 6.54 Å². The van der Waals surface area contributed by atoms with Gasteiger partial charge in [0.05, 0.1) is 6.33 Å². The summed E-state index contributed by atoms with van der Waals surface area (Å²) in [6, 6.07) is 0.243. The van der Waals surface area contributed by atoms with Crippen LogP contribution in [0, 0.1) is 0 Å². The maximum absolute atomic E-state index is 12.2. The van der Waals surface area contributed by atoms with Crippen LogP contribution >= 0.6 is 0 Å². The molecule has 17 heavy (non-hydrogen) atoms. The summed E-state index contributed by atoms with van der Waals surface area (Å²) in [5, 5.41) is 0. The van der Waals surface area contributed by atoms with E-state index >= 15 is 0 Å². The van der Waals surface area contributed by atoms with Crippen LogP contribution in [0.15, 0.2) is 12.5 Å². The van der Waals surface area contributed by atoms with Crippen LogP contribution in [0.1, 0.15) is 37.7 Å². The van der Waals surface area contributed by atoms with Crippen molar-refractivity contribution in [3.63, 3.8) is 0 Å². The first-order chi connectivity index (χ1) is 8.13. The molecule has 1 atom stereocenters. The molecule has 1 amide bonds. The molecule has 0 spiro atoms. The van der Waals surface area contributed by atoms with Crippen molar-refractivity contribution in [2.75, 3.05) is 13.1 Å². The lowest BCUT2D eigenvalue weighted by Crippen LogP contribution is -2.38. The molecule has 0 fully saturated rings. The van der Waals surface area contributed by atoms with E-state index in [1.54, 1.807) is 12.5 Å². The molecule has 0 radical (unpaired) electrons. The van der Waals surface area contributed by atoms with Crippen LogP contribution in [0.5, 0.6) is 0 Å². The van der Waals surface area contributed by atoms with Gasteiger partial charge < -0.3 is 15.2 Å². The third-order valence-corrected chi connectivity index (χ3v) is 2.96. The Hall–Kier alpha value is -1.36. The van der Waals surface area contributed by atoms with Crippen LogP contribution in [-0.4, -0.2) is 39.5 Å². The zero-order valence-corrected chi connectivity index (χ0v) is 10.9. The molecule has 1 unspecified atom stereocenters. The van der Waals surface area contributed by atoms with Gasteiger partial charge in [0, 0.05) is 31.9 Å². The predicted octanol–water partition coefficient (Wildman–Crippen LogP) is 1.10. The molecular weight excluding hydrogens is 216 g/mol. The normalized spacial score (nSPS) is 12.5. The van der Waals surface area contributed by atoms with E-state index in [0.29, 0.717) is 25.3 Å². The van der Waals surface area contributed by atoms with Gasteiger partial charge in [0.2, 0.25) is 0 Å². The minimum atomic E-state index is -0.00220. The molecule has 0 bridgehead atoms. The molecular formula is C12H22N4O. The van der Waals surface area contributed by atoms with E-state index < -0.39 is 0 Å². The summed E-state index contributed by atoms with van der Waals surface area (Å²) in [7, 11) is 0.